The molecule has 4 rings (SSSR count). The predicted molar refractivity (Wildman–Crippen MR) is 106 cm³/mol. The maximum absolute atomic E-state index is 12.4. The van der Waals surface area contributed by atoms with E-state index in [0.717, 1.165) is 40.7 Å². The van der Waals surface area contributed by atoms with E-state index in [0.29, 0.717) is 13.1 Å². The summed E-state index contributed by atoms with van der Waals surface area (Å²) in [5, 5.41) is 7.03. The van der Waals surface area contributed by atoms with E-state index in [-0.39, 0.29) is 17.7 Å². The van der Waals surface area contributed by atoms with Gasteiger partial charge in [-0.05, 0) is 55.0 Å². The first kappa shape index (κ1) is 17.3. The van der Waals surface area contributed by atoms with Crippen molar-refractivity contribution in [3.63, 3.8) is 0 Å². The van der Waals surface area contributed by atoms with Crippen molar-refractivity contribution in [3.8, 4) is 0 Å². The molecule has 5 heteroatoms. The van der Waals surface area contributed by atoms with Crippen LogP contribution in [0.5, 0.6) is 0 Å². The highest BCUT2D eigenvalue weighted by Gasteiger charge is 2.29. The Kier molecular flexibility index (Phi) is 4.67. The number of aryl methyl sites for hydroxylation is 1. The Labute approximate surface area is 158 Å². The highest BCUT2D eigenvalue weighted by atomic mass is 16.2. The van der Waals surface area contributed by atoms with Crippen LogP contribution in [0, 0.1) is 12.8 Å². The molecule has 1 saturated carbocycles. The molecular weight excluding hydrogens is 338 g/mol. The van der Waals surface area contributed by atoms with Crippen molar-refractivity contribution in [3.05, 3.63) is 65.9 Å². The lowest BCUT2D eigenvalue weighted by Crippen LogP contribution is -2.27. The summed E-state index contributed by atoms with van der Waals surface area (Å²) in [4.78, 5) is 24.2. The summed E-state index contributed by atoms with van der Waals surface area (Å²) in [5.74, 6) is 0.271. The molecule has 0 atom stereocenters. The molecule has 2 aromatic carbocycles. The van der Waals surface area contributed by atoms with Gasteiger partial charge in [-0.3, -0.25) is 9.59 Å². The van der Waals surface area contributed by atoms with E-state index in [1.807, 2.05) is 54.0 Å². The summed E-state index contributed by atoms with van der Waals surface area (Å²) in [6.45, 7) is 2.78. The van der Waals surface area contributed by atoms with Gasteiger partial charge in [-0.2, -0.15) is 0 Å². The van der Waals surface area contributed by atoms with Gasteiger partial charge >= 0.3 is 0 Å². The Morgan fingerprint density at radius 3 is 2.56 bits per heavy atom. The molecule has 1 fully saturated rings. The van der Waals surface area contributed by atoms with Crippen molar-refractivity contribution >= 4 is 28.4 Å². The average Bonchev–Trinajstić information content (AvgIpc) is 3.47. The number of para-hydroxylation sites is 1. The standard InChI is InChI=1S/C22H23N3O2/c1-15-12-18-4-2-3-5-20(18)25(15)14-21(26)23-13-16-6-10-19(11-7-16)24-22(27)17-8-9-17/h2-7,10-12,17H,8-9,13-14H2,1H3,(H,23,26)(H,24,27). The third-order valence-corrected chi connectivity index (χ3v) is 4.98. The molecular formula is C22H23N3O2. The van der Waals surface area contributed by atoms with Gasteiger partial charge in [0.05, 0.1) is 0 Å². The second-order valence-electron chi connectivity index (χ2n) is 7.17. The van der Waals surface area contributed by atoms with Gasteiger partial charge in [0.1, 0.15) is 6.54 Å². The van der Waals surface area contributed by atoms with Gasteiger partial charge in [0.25, 0.3) is 0 Å². The number of carbonyl (C=O) groups excluding carboxylic acids is 2. The van der Waals surface area contributed by atoms with Crippen LogP contribution in [-0.2, 0) is 22.7 Å². The third kappa shape index (κ3) is 4.03. The second-order valence-corrected chi connectivity index (χ2v) is 7.17. The van der Waals surface area contributed by atoms with Gasteiger partial charge in [0.15, 0.2) is 0 Å². The van der Waals surface area contributed by atoms with Gasteiger partial charge in [0.2, 0.25) is 11.8 Å². The van der Waals surface area contributed by atoms with Crippen molar-refractivity contribution in [1.82, 2.24) is 9.88 Å². The number of anilines is 1. The van der Waals surface area contributed by atoms with Crippen LogP contribution < -0.4 is 10.6 Å². The molecule has 3 aromatic rings. The first-order valence-corrected chi connectivity index (χ1v) is 9.31. The van der Waals surface area contributed by atoms with Crippen LogP contribution in [0.15, 0.2) is 54.6 Å². The Hall–Kier alpha value is -3.08. The first-order chi connectivity index (χ1) is 13.1. The van der Waals surface area contributed by atoms with Crippen molar-refractivity contribution in [2.45, 2.75) is 32.9 Å². The Morgan fingerprint density at radius 2 is 1.81 bits per heavy atom. The number of carbonyl (C=O) groups is 2. The van der Waals surface area contributed by atoms with Gasteiger partial charge in [-0.1, -0.05) is 30.3 Å². The Morgan fingerprint density at radius 1 is 1.07 bits per heavy atom. The Balaban J connectivity index is 1.33. The zero-order valence-electron chi connectivity index (χ0n) is 15.4. The number of benzene rings is 2. The Bertz CT molecular complexity index is 984. The SMILES string of the molecule is Cc1cc2ccccc2n1CC(=O)NCc1ccc(NC(=O)C2CC2)cc1. The van der Waals surface area contributed by atoms with Crippen LogP contribution in [0.3, 0.4) is 0 Å². The molecule has 138 valence electrons. The number of nitrogens with zero attached hydrogens (tertiary/aromatic N) is 1. The van der Waals surface area contributed by atoms with Crippen LogP contribution in [0.1, 0.15) is 24.1 Å². The van der Waals surface area contributed by atoms with E-state index < -0.39 is 0 Å². The van der Waals surface area contributed by atoms with Crippen molar-refractivity contribution in [2.24, 2.45) is 5.92 Å². The molecule has 0 radical (unpaired) electrons. The van der Waals surface area contributed by atoms with Gasteiger partial charge in [-0.25, -0.2) is 0 Å². The monoisotopic (exact) mass is 361 g/mol. The topological polar surface area (TPSA) is 63.1 Å². The number of hydrogen-bond donors (Lipinski definition) is 2. The zero-order chi connectivity index (χ0) is 18.8. The number of nitrogens with one attached hydrogen (secondary N) is 2. The van der Waals surface area contributed by atoms with Crippen LogP contribution in [0.4, 0.5) is 5.69 Å². The summed E-state index contributed by atoms with van der Waals surface area (Å²) in [7, 11) is 0. The normalized spacial score (nSPS) is 13.5. The fourth-order valence-corrected chi connectivity index (χ4v) is 3.25. The molecule has 1 aliphatic rings. The molecule has 2 amide bonds. The lowest BCUT2D eigenvalue weighted by atomic mass is 10.2. The van der Waals surface area contributed by atoms with Gasteiger partial charge in [-0.15, -0.1) is 0 Å². The molecule has 5 nitrogen and oxygen atoms in total. The highest BCUT2D eigenvalue weighted by Crippen LogP contribution is 2.30. The van der Waals surface area contributed by atoms with Gasteiger partial charge < -0.3 is 15.2 Å². The maximum Gasteiger partial charge on any atom is 0.240 e. The quantitative estimate of drug-likeness (QED) is 0.704. The van der Waals surface area contributed by atoms with E-state index in [1.54, 1.807) is 0 Å². The van der Waals surface area contributed by atoms with Crippen LogP contribution >= 0.6 is 0 Å². The van der Waals surface area contributed by atoms with Crippen LogP contribution in [0.2, 0.25) is 0 Å². The minimum Gasteiger partial charge on any atom is -0.350 e. The average molecular weight is 361 g/mol. The molecule has 0 saturated heterocycles. The summed E-state index contributed by atoms with van der Waals surface area (Å²) >= 11 is 0. The molecule has 0 bridgehead atoms. The van der Waals surface area contributed by atoms with E-state index in [4.69, 9.17) is 0 Å². The van der Waals surface area contributed by atoms with Crippen LogP contribution in [0.25, 0.3) is 10.9 Å². The minimum atomic E-state index is -0.0226. The highest BCUT2D eigenvalue weighted by molar-refractivity contribution is 5.94. The summed E-state index contributed by atoms with van der Waals surface area (Å²) < 4.78 is 2.03. The second kappa shape index (κ2) is 7.27. The minimum absolute atomic E-state index is 0.0226. The van der Waals surface area contributed by atoms with Crippen molar-refractivity contribution < 1.29 is 9.59 Å². The van der Waals surface area contributed by atoms with E-state index in [9.17, 15) is 9.59 Å². The largest absolute Gasteiger partial charge is 0.350 e. The van der Waals surface area contributed by atoms with Gasteiger partial charge in [0, 0.05) is 29.4 Å². The number of fused-ring (bicyclic) bond motifs is 1. The molecule has 1 aromatic heterocycles. The first-order valence-electron chi connectivity index (χ1n) is 9.31. The molecule has 1 heterocycles. The van der Waals surface area contributed by atoms with E-state index in [2.05, 4.69) is 22.8 Å². The molecule has 27 heavy (non-hydrogen) atoms. The van der Waals surface area contributed by atoms with Crippen molar-refractivity contribution in [1.29, 1.82) is 0 Å². The predicted octanol–water partition coefficient (Wildman–Crippen LogP) is 3.61. The lowest BCUT2D eigenvalue weighted by Gasteiger charge is -2.10. The molecule has 1 aliphatic carbocycles. The number of amides is 2. The maximum atomic E-state index is 12.4. The van der Waals surface area contributed by atoms with Crippen LogP contribution in [-0.4, -0.2) is 16.4 Å². The summed E-state index contributed by atoms with van der Waals surface area (Å²) in [5.41, 5.74) is 3.95. The lowest BCUT2D eigenvalue weighted by molar-refractivity contribution is -0.121. The number of aromatic nitrogens is 1. The molecule has 0 spiro atoms. The summed E-state index contributed by atoms with van der Waals surface area (Å²) in [6.07, 6.45) is 1.98. The van der Waals surface area contributed by atoms with E-state index in [1.165, 1.54) is 0 Å². The molecule has 0 unspecified atom stereocenters. The smallest absolute Gasteiger partial charge is 0.240 e. The third-order valence-electron chi connectivity index (χ3n) is 4.98. The number of rotatable bonds is 6. The summed E-state index contributed by atoms with van der Waals surface area (Å²) in [6, 6.07) is 17.8. The molecule has 0 aliphatic heterocycles. The van der Waals surface area contributed by atoms with Crippen molar-refractivity contribution in [2.75, 3.05) is 5.32 Å². The number of hydrogen-bond acceptors (Lipinski definition) is 2. The fourth-order valence-electron chi connectivity index (χ4n) is 3.25. The molecule has 2 N–H and O–H groups in total. The zero-order valence-corrected chi connectivity index (χ0v) is 15.4. The van der Waals surface area contributed by atoms with E-state index >= 15 is 0 Å². The fraction of sp³-hybridized carbons (Fsp3) is 0.273.